The number of primary amides is 1. The number of aliphatic hydroxyl groups is 1. The topological polar surface area (TPSA) is 75.8 Å². The zero-order valence-corrected chi connectivity index (χ0v) is 10.7. The third-order valence-electron chi connectivity index (χ3n) is 2.09. The van der Waals surface area contributed by atoms with Crippen LogP contribution in [0.15, 0.2) is 0 Å². The van der Waals surface area contributed by atoms with Crippen LogP contribution in [-0.2, 0) is 4.74 Å². The second kappa shape index (κ2) is 6.70. The molecule has 0 aromatic heterocycles. The number of hydrogen-bond donors (Lipinski definition) is 2. The lowest BCUT2D eigenvalue weighted by atomic mass is 10.1. The molecule has 5 nitrogen and oxygen atoms in total. The maximum absolute atomic E-state index is 10.0. The molecule has 1 fully saturated rings. The molecule has 1 aliphatic rings. The number of amides is 1. The molecule has 0 radical (unpaired) electrons. The maximum Gasteiger partial charge on any atom is 0.405 e. The summed E-state index contributed by atoms with van der Waals surface area (Å²) in [5, 5.41) is 9.00. The number of hydrogen-bond acceptors (Lipinski definition) is 4. The summed E-state index contributed by atoms with van der Waals surface area (Å²) in [4.78, 5) is 12.3. The van der Waals surface area contributed by atoms with Gasteiger partial charge in [0, 0.05) is 13.1 Å². The van der Waals surface area contributed by atoms with Crippen LogP contribution in [0.5, 0.6) is 0 Å². The molecule has 0 bridgehead atoms. The summed E-state index contributed by atoms with van der Waals surface area (Å²) >= 11 is 0. The van der Waals surface area contributed by atoms with Crippen molar-refractivity contribution in [1.82, 2.24) is 4.90 Å². The van der Waals surface area contributed by atoms with Gasteiger partial charge in [-0.3, -0.25) is 0 Å². The normalized spacial score (nSPS) is 18.6. The third-order valence-corrected chi connectivity index (χ3v) is 2.09. The molecule has 0 atom stereocenters. The summed E-state index contributed by atoms with van der Waals surface area (Å²) in [6.45, 7) is 7.40. The SMILES string of the molecule is CC(C)(C)OC(N)=O.CN1CCC(O)CC1. The molecule has 0 saturated carbocycles. The van der Waals surface area contributed by atoms with E-state index in [2.05, 4.69) is 16.7 Å². The van der Waals surface area contributed by atoms with Crippen LogP contribution in [0, 0.1) is 0 Å². The lowest BCUT2D eigenvalue weighted by Gasteiger charge is -2.25. The van der Waals surface area contributed by atoms with Gasteiger partial charge in [0.05, 0.1) is 6.10 Å². The van der Waals surface area contributed by atoms with Crippen molar-refractivity contribution >= 4 is 6.09 Å². The predicted molar refractivity (Wildman–Crippen MR) is 63.2 cm³/mol. The number of ether oxygens (including phenoxy) is 1. The molecule has 5 heteroatoms. The number of carbonyl (C=O) groups excluding carboxylic acids is 1. The predicted octanol–water partition coefficient (Wildman–Crippen LogP) is 0.953. The molecule has 0 aromatic rings. The van der Waals surface area contributed by atoms with E-state index in [1.165, 1.54) is 0 Å². The zero-order chi connectivity index (χ0) is 12.8. The van der Waals surface area contributed by atoms with Crippen molar-refractivity contribution in [2.45, 2.75) is 45.3 Å². The summed E-state index contributed by atoms with van der Waals surface area (Å²) in [5.74, 6) is 0. The molecule has 3 N–H and O–H groups in total. The molecule has 1 aliphatic heterocycles. The Morgan fingerprint density at radius 2 is 1.81 bits per heavy atom. The van der Waals surface area contributed by atoms with Gasteiger partial charge >= 0.3 is 6.09 Å². The van der Waals surface area contributed by atoms with Crippen LogP contribution in [0.2, 0.25) is 0 Å². The Labute approximate surface area is 97.6 Å². The summed E-state index contributed by atoms with van der Waals surface area (Å²) in [7, 11) is 2.09. The number of piperidine rings is 1. The fourth-order valence-corrected chi connectivity index (χ4v) is 1.30. The van der Waals surface area contributed by atoms with Gasteiger partial charge in [-0.05, 0) is 40.7 Å². The van der Waals surface area contributed by atoms with Crippen molar-refractivity contribution in [2.24, 2.45) is 5.73 Å². The van der Waals surface area contributed by atoms with E-state index in [1.807, 2.05) is 0 Å². The monoisotopic (exact) mass is 232 g/mol. The first kappa shape index (κ1) is 15.2. The van der Waals surface area contributed by atoms with Gasteiger partial charge in [0.2, 0.25) is 0 Å². The first-order valence-electron chi connectivity index (χ1n) is 5.56. The van der Waals surface area contributed by atoms with E-state index in [4.69, 9.17) is 10.8 Å². The van der Waals surface area contributed by atoms with Crippen LogP contribution in [0.4, 0.5) is 4.79 Å². The average molecular weight is 232 g/mol. The molecule has 1 rings (SSSR count). The lowest BCUT2D eigenvalue weighted by molar-refractivity contribution is 0.0600. The number of carbonyl (C=O) groups is 1. The fourth-order valence-electron chi connectivity index (χ4n) is 1.30. The van der Waals surface area contributed by atoms with Gasteiger partial charge in [-0.15, -0.1) is 0 Å². The van der Waals surface area contributed by atoms with Gasteiger partial charge in [-0.2, -0.15) is 0 Å². The Kier molecular flexibility index (Phi) is 6.36. The minimum atomic E-state index is -0.725. The number of likely N-dealkylation sites (tertiary alicyclic amines) is 1. The van der Waals surface area contributed by atoms with Gasteiger partial charge in [-0.25, -0.2) is 4.79 Å². The van der Waals surface area contributed by atoms with E-state index in [0.29, 0.717) is 0 Å². The van der Waals surface area contributed by atoms with Gasteiger partial charge in [0.15, 0.2) is 0 Å². The Hall–Kier alpha value is -0.810. The minimum Gasteiger partial charge on any atom is -0.444 e. The largest absolute Gasteiger partial charge is 0.444 e. The van der Waals surface area contributed by atoms with Crippen molar-refractivity contribution in [3.05, 3.63) is 0 Å². The van der Waals surface area contributed by atoms with E-state index in [-0.39, 0.29) is 6.10 Å². The number of nitrogens with zero attached hydrogens (tertiary/aromatic N) is 1. The van der Waals surface area contributed by atoms with E-state index >= 15 is 0 Å². The molecule has 96 valence electrons. The Morgan fingerprint density at radius 3 is 2.00 bits per heavy atom. The van der Waals surface area contributed by atoms with Crippen LogP contribution in [-0.4, -0.2) is 47.9 Å². The molecule has 0 aliphatic carbocycles. The second-order valence-electron chi connectivity index (χ2n) is 5.07. The summed E-state index contributed by atoms with van der Waals surface area (Å²) < 4.78 is 4.58. The van der Waals surface area contributed by atoms with E-state index in [9.17, 15) is 4.79 Å². The van der Waals surface area contributed by atoms with Crippen molar-refractivity contribution in [1.29, 1.82) is 0 Å². The lowest BCUT2D eigenvalue weighted by Crippen LogP contribution is -2.32. The summed E-state index contributed by atoms with van der Waals surface area (Å²) in [6.07, 6.45) is 1.16. The molecule has 0 unspecified atom stereocenters. The highest BCUT2D eigenvalue weighted by Crippen LogP contribution is 2.06. The minimum absolute atomic E-state index is 0.0220. The van der Waals surface area contributed by atoms with Gasteiger partial charge in [-0.1, -0.05) is 0 Å². The van der Waals surface area contributed by atoms with Crippen molar-refractivity contribution < 1.29 is 14.6 Å². The van der Waals surface area contributed by atoms with Crippen LogP contribution in [0.25, 0.3) is 0 Å². The van der Waals surface area contributed by atoms with Crippen molar-refractivity contribution in [3.8, 4) is 0 Å². The van der Waals surface area contributed by atoms with Gasteiger partial charge in [0.25, 0.3) is 0 Å². The molecule has 0 aromatic carbocycles. The van der Waals surface area contributed by atoms with Crippen LogP contribution < -0.4 is 5.73 Å². The highest BCUT2D eigenvalue weighted by Gasteiger charge is 2.13. The smallest absolute Gasteiger partial charge is 0.405 e. The summed E-state index contributed by atoms with van der Waals surface area (Å²) in [6, 6.07) is 0. The average Bonchev–Trinajstić information content (AvgIpc) is 2.07. The molecule has 1 saturated heterocycles. The Balaban J connectivity index is 0.000000281. The molecule has 1 heterocycles. The van der Waals surface area contributed by atoms with E-state index < -0.39 is 11.7 Å². The van der Waals surface area contributed by atoms with Crippen molar-refractivity contribution in [3.63, 3.8) is 0 Å². The van der Waals surface area contributed by atoms with E-state index in [1.54, 1.807) is 20.8 Å². The standard InChI is InChI=1S/C6H13NO.C5H11NO2/c1-7-4-2-6(8)3-5-7;1-5(2,3)8-4(6)7/h6,8H,2-5H2,1H3;1-3H3,(H2,6,7). The van der Waals surface area contributed by atoms with E-state index in [0.717, 1.165) is 25.9 Å². The Bertz CT molecular complexity index is 196. The van der Waals surface area contributed by atoms with Gasteiger partial charge < -0.3 is 20.5 Å². The number of aliphatic hydroxyl groups excluding tert-OH is 1. The zero-order valence-electron chi connectivity index (χ0n) is 10.7. The second-order valence-corrected chi connectivity index (χ2v) is 5.07. The Morgan fingerprint density at radius 1 is 1.38 bits per heavy atom. The van der Waals surface area contributed by atoms with Crippen LogP contribution in [0.1, 0.15) is 33.6 Å². The molecule has 16 heavy (non-hydrogen) atoms. The molecule has 1 amide bonds. The molecular weight excluding hydrogens is 208 g/mol. The van der Waals surface area contributed by atoms with Gasteiger partial charge in [0.1, 0.15) is 5.60 Å². The summed E-state index contributed by atoms with van der Waals surface area (Å²) in [5.41, 5.74) is 4.26. The van der Waals surface area contributed by atoms with Crippen LogP contribution >= 0.6 is 0 Å². The fraction of sp³-hybridized carbons (Fsp3) is 0.909. The number of rotatable bonds is 0. The molecule has 0 spiro atoms. The molecular formula is C11H24N2O3. The maximum atomic E-state index is 10.0. The number of nitrogens with two attached hydrogens (primary N) is 1. The van der Waals surface area contributed by atoms with Crippen molar-refractivity contribution in [2.75, 3.05) is 20.1 Å². The van der Waals surface area contributed by atoms with Crippen LogP contribution in [0.3, 0.4) is 0 Å². The highest BCUT2D eigenvalue weighted by molar-refractivity contribution is 5.65. The third kappa shape index (κ3) is 9.73. The first-order valence-corrected chi connectivity index (χ1v) is 5.56. The highest BCUT2D eigenvalue weighted by atomic mass is 16.6. The quantitative estimate of drug-likeness (QED) is 0.652. The first-order chi connectivity index (χ1) is 7.20.